The zero-order chi connectivity index (χ0) is 13.7. The molecule has 0 radical (unpaired) electrons. The Balaban J connectivity index is 1.82. The minimum atomic E-state index is -3.72. The first kappa shape index (κ1) is 14.4. The lowest BCUT2D eigenvalue weighted by Gasteiger charge is -2.12. The number of sulfonamides is 1. The summed E-state index contributed by atoms with van der Waals surface area (Å²) in [6.07, 6.45) is 3.30. The maximum absolute atomic E-state index is 13.4. The monoisotopic (exact) mass is 287 g/mol. The van der Waals surface area contributed by atoms with E-state index in [1.807, 2.05) is 0 Å². The number of benzene rings is 1. The van der Waals surface area contributed by atoms with Crippen molar-refractivity contribution in [1.82, 2.24) is 4.72 Å². The average Bonchev–Trinajstić information content (AvgIpc) is 2.88. The van der Waals surface area contributed by atoms with Crippen LogP contribution in [-0.4, -0.2) is 34.6 Å². The second-order valence-electron chi connectivity index (χ2n) is 4.89. The van der Waals surface area contributed by atoms with Crippen molar-refractivity contribution in [1.29, 1.82) is 0 Å². The van der Waals surface area contributed by atoms with Crippen molar-refractivity contribution < 1.29 is 17.7 Å². The minimum Gasteiger partial charge on any atom is -0.335 e. The molecular weight excluding hydrogens is 267 g/mol. The third-order valence-corrected chi connectivity index (χ3v) is 4.93. The number of hydrogen-bond acceptors (Lipinski definition) is 2. The number of rotatable bonds is 6. The van der Waals surface area contributed by atoms with Crippen LogP contribution < -0.4 is 9.62 Å². The molecule has 0 amide bonds. The van der Waals surface area contributed by atoms with Gasteiger partial charge in [-0.05, 0) is 12.1 Å². The van der Waals surface area contributed by atoms with Crippen molar-refractivity contribution in [3.05, 3.63) is 30.1 Å². The van der Waals surface area contributed by atoms with E-state index in [9.17, 15) is 12.8 Å². The van der Waals surface area contributed by atoms with E-state index in [4.69, 9.17) is 0 Å². The highest BCUT2D eigenvalue weighted by Gasteiger charge is 2.18. The van der Waals surface area contributed by atoms with Crippen molar-refractivity contribution in [2.75, 3.05) is 26.2 Å². The molecule has 0 atom stereocenters. The second kappa shape index (κ2) is 6.45. The van der Waals surface area contributed by atoms with Gasteiger partial charge in [-0.25, -0.2) is 17.5 Å². The third-order valence-electron chi connectivity index (χ3n) is 3.44. The molecule has 0 spiro atoms. The van der Waals surface area contributed by atoms with Gasteiger partial charge in [0.15, 0.2) is 0 Å². The molecule has 0 aliphatic carbocycles. The molecule has 19 heavy (non-hydrogen) atoms. The number of quaternary nitrogens is 1. The Morgan fingerprint density at radius 2 is 1.89 bits per heavy atom. The Bertz CT molecular complexity index is 513. The quantitative estimate of drug-likeness (QED) is 0.733. The van der Waals surface area contributed by atoms with Crippen LogP contribution in [0, 0.1) is 5.82 Å². The van der Waals surface area contributed by atoms with Crippen molar-refractivity contribution in [2.24, 2.45) is 0 Å². The van der Waals surface area contributed by atoms with Gasteiger partial charge in [-0.2, -0.15) is 0 Å². The standard InChI is InChI=1S/C13H19FN2O2S/c14-12-6-1-2-7-13(12)19(17,18)15-8-5-11-16-9-3-4-10-16/h1-2,6-7,15H,3-5,8-11H2/p+1. The van der Waals surface area contributed by atoms with Gasteiger partial charge < -0.3 is 4.90 Å². The van der Waals surface area contributed by atoms with Gasteiger partial charge in [-0.15, -0.1) is 0 Å². The number of halogens is 1. The highest BCUT2D eigenvalue weighted by Crippen LogP contribution is 2.12. The molecule has 0 aromatic heterocycles. The van der Waals surface area contributed by atoms with Gasteiger partial charge in [0.25, 0.3) is 0 Å². The summed E-state index contributed by atoms with van der Waals surface area (Å²) in [7, 11) is -3.72. The van der Waals surface area contributed by atoms with E-state index >= 15 is 0 Å². The molecule has 1 heterocycles. The first-order chi connectivity index (χ1) is 9.09. The van der Waals surface area contributed by atoms with Crippen molar-refractivity contribution in [3.63, 3.8) is 0 Å². The highest BCUT2D eigenvalue weighted by molar-refractivity contribution is 7.89. The summed E-state index contributed by atoms with van der Waals surface area (Å²) in [5.74, 6) is -0.708. The first-order valence-corrected chi connectivity index (χ1v) is 8.16. The van der Waals surface area contributed by atoms with E-state index in [-0.39, 0.29) is 4.90 Å². The predicted molar refractivity (Wildman–Crippen MR) is 71.0 cm³/mol. The molecule has 1 aliphatic heterocycles. The molecule has 6 heteroatoms. The lowest BCUT2D eigenvalue weighted by atomic mass is 10.4. The topological polar surface area (TPSA) is 50.6 Å². The van der Waals surface area contributed by atoms with Gasteiger partial charge in [0.2, 0.25) is 10.0 Å². The molecule has 1 aromatic rings. The number of nitrogens with one attached hydrogen (secondary N) is 2. The molecule has 1 saturated heterocycles. The summed E-state index contributed by atoms with van der Waals surface area (Å²) in [6.45, 7) is 3.69. The van der Waals surface area contributed by atoms with Crippen LogP contribution in [0.5, 0.6) is 0 Å². The molecule has 106 valence electrons. The predicted octanol–water partition coefficient (Wildman–Crippen LogP) is 0.173. The molecule has 1 fully saturated rings. The Morgan fingerprint density at radius 1 is 1.21 bits per heavy atom. The maximum Gasteiger partial charge on any atom is 0.243 e. The van der Waals surface area contributed by atoms with Gasteiger partial charge in [-0.3, -0.25) is 0 Å². The van der Waals surface area contributed by atoms with E-state index in [0.29, 0.717) is 6.54 Å². The van der Waals surface area contributed by atoms with Crippen LogP contribution in [0.1, 0.15) is 19.3 Å². The fourth-order valence-corrected chi connectivity index (χ4v) is 3.56. The van der Waals surface area contributed by atoms with Crippen molar-refractivity contribution in [2.45, 2.75) is 24.2 Å². The van der Waals surface area contributed by atoms with Crippen LogP contribution in [0.25, 0.3) is 0 Å². The van der Waals surface area contributed by atoms with Crippen LogP contribution in [0.3, 0.4) is 0 Å². The zero-order valence-electron chi connectivity index (χ0n) is 10.9. The fraction of sp³-hybridized carbons (Fsp3) is 0.538. The average molecular weight is 287 g/mol. The van der Waals surface area contributed by atoms with Crippen LogP contribution in [0.2, 0.25) is 0 Å². The van der Waals surface area contributed by atoms with Crippen LogP contribution >= 0.6 is 0 Å². The summed E-state index contributed by atoms with van der Waals surface area (Å²) in [4.78, 5) is 1.26. The van der Waals surface area contributed by atoms with E-state index in [1.54, 1.807) is 0 Å². The molecule has 1 aliphatic rings. The molecule has 2 rings (SSSR count). The lowest BCUT2D eigenvalue weighted by molar-refractivity contribution is -0.887. The second-order valence-corrected chi connectivity index (χ2v) is 6.62. The summed E-state index contributed by atoms with van der Waals surface area (Å²) >= 11 is 0. The van der Waals surface area contributed by atoms with Crippen LogP contribution in [0.15, 0.2) is 29.2 Å². The molecule has 2 N–H and O–H groups in total. The Labute approximate surface area is 113 Å². The van der Waals surface area contributed by atoms with E-state index in [1.165, 1.54) is 49.0 Å². The van der Waals surface area contributed by atoms with Crippen LogP contribution in [-0.2, 0) is 10.0 Å². The highest BCUT2D eigenvalue weighted by atomic mass is 32.2. The van der Waals surface area contributed by atoms with E-state index in [2.05, 4.69) is 4.72 Å². The smallest absolute Gasteiger partial charge is 0.243 e. The SMILES string of the molecule is O=S(=O)(NCCC[NH+]1CCCC1)c1ccccc1F. The summed E-state index contributed by atoms with van der Waals surface area (Å²) in [6, 6.07) is 5.43. The van der Waals surface area contributed by atoms with Crippen molar-refractivity contribution >= 4 is 10.0 Å². The largest absolute Gasteiger partial charge is 0.335 e. The molecule has 0 saturated carbocycles. The summed E-state index contributed by atoms with van der Waals surface area (Å²) in [5.41, 5.74) is 0. The lowest BCUT2D eigenvalue weighted by Crippen LogP contribution is -3.10. The molecular formula is C13H20FN2O2S+. The van der Waals surface area contributed by atoms with E-state index < -0.39 is 15.8 Å². The van der Waals surface area contributed by atoms with Gasteiger partial charge in [0, 0.05) is 25.8 Å². The number of hydrogen-bond donors (Lipinski definition) is 2. The Morgan fingerprint density at radius 3 is 2.58 bits per heavy atom. The normalized spacial score (nSPS) is 16.9. The molecule has 0 bridgehead atoms. The first-order valence-electron chi connectivity index (χ1n) is 6.67. The van der Waals surface area contributed by atoms with Gasteiger partial charge in [-0.1, -0.05) is 12.1 Å². The van der Waals surface area contributed by atoms with Gasteiger partial charge in [0.1, 0.15) is 10.7 Å². The molecule has 1 aromatic carbocycles. The van der Waals surface area contributed by atoms with Crippen LogP contribution in [0.4, 0.5) is 4.39 Å². The maximum atomic E-state index is 13.4. The van der Waals surface area contributed by atoms with Gasteiger partial charge in [0.05, 0.1) is 19.6 Å². The van der Waals surface area contributed by atoms with Crippen molar-refractivity contribution in [3.8, 4) is 0 Å². The Kier molecular flexibility index (Phi) is 4.90. The molecule has 4 nitrogen and oxygen atoms in total. The third kappa shape index (κ3) is 3.99. The van der Waals surface area contributed by atoms with Gasteiger partial charge >= 0.3 is 0 Å². The summed E-state index contributed by atoms with van der Waals surface area (Å²) in [5, 5.41) is 0. The Hall–Kier alpha value is -0.980. The fourth-order valence-electron chi connectivity index (χ4n) is 2.41. The number of likely N-dealkylation sites (tertiary alicyclic amines) is 1. The van der Waals surface area contributed by atoms with E-state index in [0.717, 1.165) is 19.0 Å². The zero-order valence-corrected chi connectivity index (χ0v) is 11.7. The molecule has 0 unspecified atom stereocenters. The summed E-state index contributed by atoms with van der Waals surface area (Å²) < 4.78 is 39.7. The minimum absolute atomic E-state index is 0.275.